The summed E-state index contributed by atoms with van der Waals surface area (Å²) in [6.45, 7) is 1.72. The fourth-order valence-corrected chi connectivity index (χ4v) is 3.61. The molecule has 2 saturated carbocycles. The van der Waals surface area contributed by atoms with Crippen LogP contribution < -0.4 is 0 Å². The largest absolute Gasteiger partial charge is 0.385 e. The lowest BCUT2D eigenvalue weighted by Gasteiger charge is -2.41. The van der Waals surface area contributed by atoms with E-state index in [0.29, 0.717) is 11.5 Å². The molecule has 2 nitrogen and oxygen atoms in total. The molecule has 2 aliphatic rings. The van der Waals surface area contributed by atoms with Crippen LogP contribution in [-0.2, 0) is 9.47 Å². The van der Waals surface area contributed by atoms with Gasteiger partial charge in [0, 0.05) is 20.3 Å². The topological polar surface area (TPSA) is 18.5 Å². The molecule has 1 spiro atoms. The van der Waals surface area contributed by atoms with Gasteiger partial charge < -0.3 is 9.47 Å². The van der Waals surface area contributed by atoms with Crippen molar-refractivity contribution in [3.05, 3.63) is 0 Å². The van der Waals surface area contributed by atoms with Gasteiger partial charge in [-0.25, -0.2) is 0 Å². The molecule has 0 aromatic carbocycles. The zero-order valence-corrected chi connectivity index (χ0v) is 10.7. The molecule has 0 bridgehead atoms. The Morgan fingerprint density at radius 1 is 1.00 bits per heavy atom. The Hall–Kier alpha value is -0.0800. The van der Waals surface area contributed by atoms with Gasteiger partial charge in [0.15, 0.2) is 0 Å². The maximum atomic E-state index is 6.14. The fourth-order valence-electron chi connectivity index (χ4n) is 3.61. The van der Waals surface area contributed by atoms with Crippen molar-refractivity contribution in [1.29, 1.82) is 0 Å². The third-order valence-corrected chi connectivity index (χ3v) is 4.49. The molecule has 2 aliphatic carbocycles. The Bertz CT molecular complexity index is 197. The minimum absolute atomic E-state index is 0.556. The molecular weight excluding hydrogens is 200 g/mol. The molecule has 2 rings (SSSR count). The lowest BCUT2D eigenvalue weighted by molar-refractivity contribution is -0.0685. The zero-order valence-electron chi connectivity index (χ0n) is 10.7. The number of methoxy groups -OCH3 is 1. The van der Waals surface area contributed by atoms with Crippen LogP contribution in [-0.4, -0.2) is 26.4 Å². The molecule has 0 unspecified atom stereocenters. The van der Waals surface area contributed by atoms with E-state index >= 15 is 0 Å². The van der Waals surface area contributed by atoms with E-state index in [9.17, 15) is 0 Å². The van der Waals surface area contributed by atoms with E-state index in [2.05, 4.69) is 0 Å². The Morgan fingerprint density at radius 3 is 2.38 bits per heavy atom. The van der Waals surface area contributed by atoms with E-state index in [-0.39, 0.29) is 0 Å². The summed E-state index contributed by atoms with van der Waals surface area (Å²) in [6.07, 6.45) is 12.8. The summed E-state index contributed by atoms with van der Waals surface area (Å²) < 4.78 is 11.2. The van der Waals surface area contributed by atoms with E-state index < -0.39 is 0 Å². The molecular formula is C14H26O2. The smallest absolute Gasteiger partial charge is 0.0631 e. The normalized spacial score (nSPS) is 28.7. The van der Waals surface area contributed by atoms with Gasteiger partial charge >= 0.3 is 0 Å². The molecule has 94 valence electrons. The average Bonchev–Trinajstić information content (AvgIpc) is 2.76. The minimum Gasteiger partial charge on any atom is -0.385 e. The molecule has 1 atom stereocenters. The summed E-state index contributed by atoms with van der Waals surface area (Å²) >= 11 is 0. The molecule has 0 radical (unpaired) electrons. The van der Waals surface area contributed by atoms with Gasteiger partial charge in [-0.05, 0) is 37.5 Å². The van der Waals surface area contributed by atoms with E-state index in [1.807, 2.05) is 0 Å². The molecule has 16 heavy (non-hydrogen) atoms. The minimum atomic E-state index is 0.556. The summed E-state index contributed by atoms with van der Waals surface area (Å²) in [4.78, 5) is 0. The quantitative estimate of drug-likeness (QED) is 0.668. The van der Waals surface area contributed by atoms with Crippen molar-refractivity contribution in [3.8, 4) is 0 Å². The highest BCUT2D eigenvalue weighted by molar-refractivity contribution is 4.94. The van der Waals surface area contributed by atoms with Crippen LogP contribution in [0.1, 0.15) is 57.8 Å². The van der Waals surface area contributed by atoms with Crippen LogP contribution in [0.5, 0.6) is 0 Å². The lowest BCUT2D eigenvalue weighted by atomic mass is 9.70. The van der Waals surface area contributed by atoms with Gasteiger partial charge in [0.1, 0.15) is 0 Å². The first-order valence-corrected chi connectivity index (χ1v) is 6.98. The molecule has 0 aromatic rings. The third kappa shape index (κ3) is 2.78. The maximum Gasteiger partial charge on any atom is 0.0631 e. The molecule has 2 heteroatoms. The van der Waals surface area contributed by atoms with Crippen molar-refractivity contribution >= 4 is 0 Å². The summed E-state index contributed by atoms with van der Waals surface area (Å²) in [7, 11) is 1.76. The lowest BCUT2D eigenvalue weighted by Crippen LogP contribution is -2.38. The van der Waals surface area contributed by atoms with Crippen LogP contribution in [0.25, 0.3) is 0 Å². The van der Waals surface area contributed by atoms with Gasteiger partial charge in [0.2, 0.25) is 0 Å². The monoisotopic (exact) mass is 226 g/mol. The van der Waals surface area contributed by atoms with Gasteiger partial charge in [-0.2, -0.15) is 0 Å². The molecule has 0 amide bonds. The highest BCUT2D eigenvalue weighted by Gasteiger charge is 2.43. The van der Waals surface area contributed by atoms with Gasteiger partial charge in [0.25, 0.3) is 0 Å². The Morgan fingerprint density at radius 2 is 1.69 bits per heavy atom. The Kier molecular flexibility index (Phi) is 4.66. The second-order valence-corrected chi connectivity index (χ2v) is 5.52. The number of hydrogen-bond acceptors (Lipinski definition) is 2. The summed E-state index contributed by atoms with van der Waals surface area (Å²) in [5, 5.41) is 0. The summed E-state index contributed by atoms with van der Waals surface area (Å²) in [5.41, 5.74) is 0.575. The van der Waals surface area contributed by atoms with Crippen molar-refractivity contribution in [2.24, 2.45) is 5.41 Å². The molecule has 0 N–H and O–H groups in total. The van der Waals surface area contributed by atoms with E-state index in [4.69, 9.17) is 9.47 Å². The molecule has 0 saturated heterocycles. The van der Waals surface area contributed by atoms with Crippen LogP contribution in [0.3, 0.4) is 0 Å². The van der Waals surface area contributed by atoms with Crippen LogP contribution in [0.15, 0.2) is 0 Å². The van der Waals surface area contributed by atoms with Crippen LogP contribution >= 0.6 is 0 Å². The SMILES string of the molecule is COCCCO[C@H]1CCCCC12CCCC2. The first-order chi connectivity index (χ1) is 7.87. The molecule has 0 aromatic heterocycles. The highest BCUT2D eigenvalue weighted by Crippen LogP contribution is 2.50. The number of ether oxygens (including phenoxy) is 2. The van der Waals surface area contributed by atoms with Gasteiger partial charge in [-0.15, -0.1) is 0 Å². The van der Waals surface area contributed by atoms with Crippen molar-refractivity contribution in [2.75, 3.05) is 20.3 Å². The molecule has 2 fully saturated rings. The second-order valence-electron chi connectivity index (χ2n) is 5.52. The van der Waals surface area contributed by atoms with E-state index in [0.717, 1.165) is 19.6 Å². The predicted octanol–water partition coefficient (Wildman–Crippen LogP) is 3.54. The average molecular weight is 226 g/mol. The van der Waals surface area contributed by atoms with E-state index in [1.54, 1.807) is 7.11 Å². The number of rotatable bonds is 5. The summed E-state index contributed by atoms with van der Waals surface area (Å²) in [5.74, 6) is 0. The second kappa shape index (κ2) is 6.02. The summed E-state index contributed by atoms with van der Waals surface area (Å²) in [6, 6.07) is 0. The van der Waals surface area contributed by atoms with Crippen LogP contribution in [0.4, 0.5) is 0 Å². The van der Waals surface area contributed by atoms with Gasteiger partial charge in [0.05, 0.1) is 6.10 Å². The van der Waals surface area contributed by atoms with Crippen molar-refractivity contribution in [2.45, 2.75) is 63.9 Å². The van der Waals surface area contributed by atoms with Crippen molar-refractivity contribution in [1.82, 2.24) is 0 Å². The molecule has 0 aliphatic heterocycles. The highest BCUT2D eigenvalue weighted by atomic mass is 16.5. The van der Waals surface area contributed by atoms with Gasteiger partial charge in [-0.1, -0.05) is 25.7 Å². The first kappa shape index (κ1) is 12.4. The Balaban J connectivity index is 1.80. The van der Waals surface area contributed by atoms with Gasteiger partial charge in [-0.3, -0.25) is 0 Å². The maximum absolute atomic E-state index is 6.14. The van der Waals surface area contributed by atoms with Crippen molar-refractivity contribution in [3.63, 3.8) is 0 Å². The van der Waals surface area contributed by atoms with E-state index in [1.165, 1.54) is 51.4 Å². The van der Waals surface area contributed by atoms with Crippen LogP contribution in [0.2, 0.25) is 0 Å². The first-order valence-electron chi connectivity index (χ1n) is 6.98. The zero-order chi connectivity index (χ0) is 11.3. The third-order valence-electron chi connectivity index (χ3n) is 4.49. The Labute approximate surface area is 99.7 Å². The van der Waals surface area contributed by atoms with Crippen molar-refractivity contribution < 1.29 is 9.47 Å². The predicted molar refractivity (Wildman–Crippen MR) is 65.6 cm³/mol. The van der Waals surface area contributed by atoms with Crippen LogP contribution in [0, 0.1) is 5.41 Å². The fraction of sp³-hybridized carbons (Fsp3) is 1.00. The standard InChI is InChI=1S/C14H26O2/c1-15-11-6-12-16-13-7-2-3-8-14(13)9-4-5-10-14/h13H,2-12H2,1H3/t13-/m0/s1. The number of hydrogen-bond donors (Lipinski definition) is 0. The molecule has 0 heterocycles.